The lowest BCUT2D eigenvalue weighted by atomic mass is 10.0. The van der Waals surface area contributed by atoms with Crippen molar-refractivity contribution in [3.8, 4) is 0 Å². The normalized spacial score (nSPS) is 24.9. The van der Waals surface area contributed by atoms with Crippen LogP contribution in [0.25, 0.3) is 0 Å². The Balaban J connectivity index is 2.16. The predicted octanol–water partition coefficient (Wildman–Crippen LogP) is -0.505. The first-order valence-electron chi connectivity index (χ1n) is 6.13. The number of hydrogen-bond donors (Lipinski definition) is 2. The minimum atomic E-state index is -3.76. The lowest BCUT2D eigenvalue weighted by molar-refractivity contribution is 0.0881. The van der Waals surface area contributed by atoms with Crippen LogP contribution in [0.3, 0.4) is 0 Å². The van der Waals surface area contributed by atoms with Gasteiger partial charge in [-0.05, 0) is 32.5 Å². The van der Waals surface area contributed by atoms with Gasteiger partial charge in [-0.2, -0.15) is 0 Å². The molecule has 1 atom stereocenters. The number of carbonyl (C=O) groups is 1. The molecule has 1 aromatic rings. The molecule has 1 aromatic heterocycles. The highest BCUT2D eigenvalue weighted by Crippen LogP contribution is 2.23. The van der Waals surface area contributed by atoms with E-state index in [9.17, 15) is 21.6 Å². The van der Waals surface area contributed by atoms with Crippen LogP contribution >= 0.6 is 0 Å². The Morgan fingerprint density at radius 3 is 2.57 bits per heavy atom. The summed E-state index contributed by atoms with van der Waals surface area (Å²) in [6, 6.07) is 2.39. The second-order valence-corrected chi connectivity index (χ2v) is 9.18. The fourth-order valence-electron chi connectivity index (χ4n) is 2.13. The van der Waals surface area contributed by atoms with Gasteiger partial charge in [-0.25, -0.2) is 21.6 Å². The van der Waals surface area contributed by atoms with E-state index < -0.39 is 31.3 Å². The van der Waals surface area contributed by atoms with E-state index >= 15 is 0 Å². The Labute approximate surface area is 122 Å². The smallest absolute Gasteiger partial charge is 0.287 e. The number of sulfone groups is 1. The van der Waals surface area contributed by atoms with Gasteiger partial charge in [0.1, 0.15) is 0 Å². The maximum absolute atomic E-state index is 12.0. The van der Waals surface area contributed by atoms with Gasteiger partial charge in [0, 0.05) is 0 Å². The van der Waals surface area contributed by atoms with Crippen molar-refractivity contribution in [2.75, 3.05) is 18.6 Å². The molecule has 0 spiro atoms. The summed E-state index contributed by atoms with van der Waals surface area (Å²) in [6.07, 6.45) is 0.309. The van der Waals surface area contributed by atoms with Crippen molar-refractivity contribution in [2.45, 2.75) is 24.0 Å². The number of sulfonamides is 1. The molecule has 1 aliphatic heterocycles. The Kier molecular flexibility index (Phi) is 3.89. The zero-order chi connectivity index (χ0) is 15.9. The van der Waals surface area contributed by atoms with Crippen molar-refractivity contribution in [1.82, 2.24) is 10.0 Å². The molecular weight excluding hydrogens is 320 g/mol. The molecule has 1 aliphatic rings. The highest BCUT2D eigenvalue weighted by atomic mass is 32.2. The number of rotatable bonds is 4. The Hall–Kier alpha value is -1.39. The first kappa shape index (κ1) is 16.0. The third kappa shape index (κ3) is 3.44. The molecule has 21 heavy (non-hydrogen) atoms. The number of amides is 1. The molecule has 8 nitrogen and oxygen atoms in total. The molecule has 118 valence electrons. The molecular formula is C11H16N2O6S2. The summed E-state index contributed by atoms with van der Waals surface area (Å²) in [6.45, 7) is 1.63. The van der Waals surface area contributed by atoms with Crippen LogP contribution in [0.2, 0.25) is 0 Å². The van der Waals surface area contributed by atoms with Gasteiger partial charge in [-0.15, -0.1) is 0 Å². The summed E-state index contributed by atoms with van der Waals surface area (Å²) < 4.78 is 53.0. The molecule has 0 aromatic carbocycles. The zero-order valence-corrected chi connectivity index (χ0v) is 13.2. The topological polar surface area (TPSA) is 123 Å². The van der Waals surface area contributed by atoms with Crippen LogP contribution in [0, 0.1) is 0 Å². The van der Waals surface area contributed by atoms with Gasteiger partial charge in [0.25, 0.3) is 15.9 Å². The van der Waals surface area contributed by atoms with Gasteiger partial charge in [0.2, 0.25) is 5.09 Å². The van der Waals surface area contributed by atoms with Crippen LogP contribution in [-0.4, -0.2) is 46.8 Å². The average molecular weight is 336 g/mol. The van der Waals surface area contributed by atoms with Crippen LogP contribution in [-0.2, 0) is 19.9 Å². The highest BCUT2D eigenvalue weighted by Gasteiger charge is 2.40. The van der Waals surface area contributed by atoms with Gasteiger partial charge in [0.05, 0.1) is 17.0 Å². The van der Waals surface area contributed by atoms with E-state index in [1.807, 2.05) is 0 Å². The molecule has 2 N–H and O–H groups in total. The molecule has 0 bridgehead atoms. The highest BCUT2D eigenvalue weighted by molar-refractivity contribution is 7.91. The average Bonchev–Trinajstić information content (AvgIpc) is 2.95. The minimum absolute atomic E-state index is 0.0152. The van der Waals surface area contributed by atoms with Crippen LogP contribution < -0.4 is 10.0 Å². The third-order valence-corrected chi connectivity index (χ3v) is 6.45. The number of hydrogen-bond acceptors (Lipinski definition) is 6. The Morgan fingerprint density at radius 2 is 2.05 bits per heavy atom. The molecule has 10 heteroatoms. The van der Waals surface area contributed by atoms with Gasteiger partial charge < -0.3 is 9.73 Å². The number of nitrogens with one attached hydrogen (secondary N) is 2. The minimum Gasteiger partial charge on any atom is -0.438 e. The maximum atomic E-state index is 12.0. The quantitative estimate of drug-likeness (QED) is 0.764. The zero-order valence-electron chi connectivity index (χ0n) is 11.5. The summed E-state index contributed by atoms with van der Waals surface area (Å²) in [7, 11) is -5.70. The van der Waals surface area contributed by atoms with E-state index in [1.165, 1.54) is 13.1 Å². The molecule has 1 fully saturated rings. The van der Waals surface area contributed by atoms with Gasteiger partial charge >= 0.3 is 0 Å². The first-order valence-corrected chi connectivity index (χ1v) is 9.44. The molecule has 2 rings (SSSR count). The van der Waals surface area contributed by atoms with Crippen molar-refractivity contribution in [3.63, 3.8) is 0 Å². The van der Waals surface area contributed by atoms with E-state index in [-0.39, 0.29) is 22.4 Å². The number of furan rings is 1. The first-order chi connectivity index (χ1) is 9.57. The molecule has 0 saturated carbocycles. The summed E-state index contributed by atoms with van der Waals surface area (Å²) in [4.78, 5) is 12.0. The predicted molar refractivity (Wildman–Crippen MR) is 74.1 cm³/mol. The van der Waals surface area contributed by atoms with Gasteiger partial charge in [-0.3, -0.25) is 4.79 Å². The third-order valence-electron chi connectivity index (χ3n) is 3.26. The van der Waals surface area contributed by atoms with Crippen molar-refractivity contribution < 1.29 is 26.0 Å². The molecule has 1 amide bonds. The van der Waals surface area contributed by atoms with Crippen molar-refractivity contribution in [1.29, 1.82) is 0 Å². The van der Waals surface area contributed by atoms with Crippen molar-refractivity contribution in [2.24, 2.45) is 0 Å². The largest absolute Gasteiger partial charge is 0.438 e. The Morgan fingerprint density at radius 1 is 1.38 bits per heavy atom. The molecule has 1 saturated heterocycles. The molecule has 0 unspecified atom stereocenters. The number of carbonyl (C=O) groups excluding carboxylic acids is 1. The van der Waals surface area contributed by atoms with Crippen LogP contribution in [0.15, 0.2) is 21.6 Å². The second-order valence-electron chi connectivity index (χ2n) is 5.18. The molecule has 2 heterocycles. The standard InChI is InChI=1S/C11H16N2O6S2/c1-11(5-6-20(15,16)7-11)13-10(14)8-3-4-9(19-8)21(17,18)12-2/h3-4,12H,5-7H2,1-2H3,(H,13,14)/t11-/m1/s1. The van der Waals surface area contributed by atoms with Crippen molar-refractivity contribution >= 4 is 25.8 Å². The Bertz CT molecular complexity index is 764. The SMILES string of the molecule is CNS(=O)(=O)c1ccc(C(=O)N[C@]2(C)CCS(=O)(=O)C2)o1. The van der Waals surface area contributed by atoms with E-state index in [1.54, 1.807) is 6.92 Å². The summed E-state index contributed by atoms with van der Waals surface area (Å²) >= 11 is 0. The van der Waals surface area contributed by atoms with Crippen LogP contribution in [0.4, 0.5) is 0 Å². The summed E-state index contributed by atoms with van der Waals surface area (Å²) in [5.41, 5.74) is -0.870. The van der Waals surface area contributed by atoms with Crippen LogP contribution in [0.1, 0.15) is 23.9 Å². The van der Waals surface area contributed by atoms with E-state index in [2.05, 4.69) is 10.0 Å². The van der Waals surface area contributed by atoms with Gasteiger partial charge in [0.15, 0.2) is 15.6 Å². The monoisotopic (exact) mass is 336 g/mol. The fourth-order valence-corrected chi connectivity index (χ4v) is 4.87. The summed E-state index contributed by atoms with van der Waals surface area (Å²) in [5, 5.41) is 2.21. The lowest BCUT2D eigenvalue weighted by Gasteiger charge is -2.22. The maximum Gasteiger partial charge on any atom is 0.287 e. The van der Waals surface area contributed by atoms with Crippen molar-refractivity contribution in [3.05, 3.63) is 17.9 Å². The van der Waals surface area contributed by atoms with Crippen LogP contribution in [0.5, 0.6) is 0 Å². The lowest BCUT2D eigenvalue weighted by Crippen LogP contribution is -2.46. The summed E-state index contributed by atoms with van der Waals surface area (Å²) in [5.74, 6) is -0.961. The fraction of sp³-hybridized carbons (Fsp3) is 0.545. The molecule has 0 radical (unpaired) electrons. The molecule has 0 aliphatic carbocycles. The van der Waals surface area contributed by atoms with E-state index in [0.29, 0.717) is 6.42 Å². The van der Waals surface area contributed by atoms with Gasteiger partial charge in [-0.1, -0.05) is 0 Å². The van der Waals surface area contributed by atoms with E-state index in [0.717, 1.165) is 6.07 Å². The van der Waals surface area contributed by atoms with E-state index in [4.69, 9.17) is 4.42 Å². The second kappa shape index (κ2) is 5.11.